The van der Waals surface area contributed by atoms with Gasteiger partial charge >= 0.3 is 0 Å². The van der Waals surface area contributed by atoms with Gasteiger partial charge in [0, 0.05) is 23.6 Å². The van der Waals surface area contributed by atoms with Crippen molar-refractivity contribution >= 4 is 11.8 Å². The monoisotopic (exact) mass is 220 g/mol. The molecule has 0 saturated heterocycles. The van der Waals surface area contributed by atoms with Gasteiger partial charge in [-0.05, 0) is 18.4 Å². The molecular weight excluding hydrogens is 208 g/mol. The number of rotatable bonds is 2. The number of aryl methyl sites for hydroxylation is 1. The van der Waals surface area contributed by atoms with E-state index in [2.05, 4.69) is 17.2 Å². The van der Waals surface area contributed by atoms with Gasteiger partial charge in [0.1, 0.15) is 0 Å². The van der Waals surface area contributed by atoms with Crippen LogP contribution in [0, 0.1) is 0 Å². The Morgan fingerprint density at radius 3 is 2.73 bits per heavy atom. The minimum absolute atomic E-state index is 0.0143. The molecule has 15 heavy (non-hydrogen) atoms. The lowest BCUT2D eigenvalue weighted by molar-refractivity contribution is 0.742. The van der Waals surface area contributed by atoms with Gasteiger partial charge in [0.15, 0.2) is 0 Å². The van der Waals surface area contributed by atoms with Crippen LogP contribution in [0.5, 0.6) is 0 Å². The molecule has 2 aromatic rings. The third kappa shape index (κ3) is 1.99. The minimum atomic E-state index is -0.0143. The average molecular weight is 220 g/mol. The van der Waals surface area contributed by atoms with Gasteiger partial charge < -0.3 is 0 Å². The Morgan fingerprint density at radius 2 is 2.13 bits per heavy atom. The zero-order chi connectivity index (χ0) is 10.8. The molecule has 1 aromatic heterocycles. The lowest BCUT2D eigenvalue weighted by atomic mass is 10.2. The quantitative estimate of drug-likeness (QED) is 0.787. The fourth-order valence-corrected chi connectivity index (χ4v) is 1.89. The van der Waals surface area contributed by atoms with E-state index in [1.807, 2.05) is 18.4 Å². The van der Waals surface area contributed by atoms with E-state index in [9.17, 15) is 4.79 Å². The molecule has 1 N–H and O–H groups in total. The second-order valence-corrected chi connectivity index (χ2v) is 4.18. The maximum absolute atomic E-state index is 11.3. The Balaban J connectivity index is 2.49. The van der Waals surface area contributed by atoms with Gasteiger partial charge in [0.25, 0.3) is 5.56 Å². The third-order valence-electron chi connectivity index (χ3n) is 2.27. The Bertz CT molecular complexity index is 527. The summed E-state index contributed by atoms with van der Waals surface area (Å²) in [5.74, 6) is 0. The van der Waals surface area contributed by atoms with Crippen LogP contribution in [-0.4, -0.2) is 16.0 Å². The van der Waals surface area contributed by atoms with Gasteiger partial charge in [-0.25, -0.2) is 0 Å². The molecule has 3 nitrogen and oxygen atoms in total. The third-order valence-corrected chi connectivity index (χ3v) is 2.99. The standard InChI is InChI=1S/C11H12N2OS/c1-13-11(14)7-10(12-13)8-4-3-5-9(6-8)15-2/h3-7,12H,1-2H3. The van der Waals surface area contributed by atoms with Crippen LogP contribution in [0.3, 0.4) is 0 Å². The average Bonchev–Trinajstić information content (AvgIpc) is 2.59. The molecule has 1 heterocycles. The number of hydrogen-bond donors (Lipinski definition) is 1. The highest BCUT2D eigenvalue weighted by Crippen LogP contribution is 2.21. The summed E-state index contributed by atoms with van der Waals surface area (Å²) in [4.78, 5) is 12.5. The maximum atomic E-state index is 11.3. The van der Waals surface area contributed by atoms with Crippen molar-refractivity contribution in [2.45, 2.75) is 4.90 Å². The molecule has 2 rings (SSSR count). The Hall–Kier alpha value is -1.42. The van der Waals surface area contributed by atoms with Crippen molar-refractivity contribution in [3.8, 4) is 11.3 Å². The summed E-state index contributed by atoms with van der Waals surface area (Å²) in [5, 5.41) is 3.01. The molecule has 4 heteroatoms. The number of nitrogens with one attached hydrogen (secondary N) is 1. The first-order valence-corrected chi connectivity index (χ1v) is 5.83. The predicted molar refractivity (Wildman–Crippen MR) is 63.3 cm³/mol. The van der Waals surface area contributed by atoms with Gasteiger partial charge in [0.05, 0.1) is 5.69 Å². The van der Waals surface area contributed by atoms with Gasteiger partial charge in [-0.3, -0.25) is 14.6 Å². The van der Waals surface area contributed by atoms with Crippen molar-refractivity contribution < 1.29 is 0 Å². The van der Waals surface area contributed by atoms with E-state index >= 15 is 0 Å². The SMILES string of the molecule is CSc1cccc(-c2cc(=O)n(C)[nH]2)c1. The van der Waals surface area contributed by atoms with Crippen molar-refractivity contribution in [2.24, 2.45) is 7.05 Å². The first kappa shape index (κ1) is 10.1. The molecule has 0 aliphatic heterocycles. The molecule has 0 aliphatic carbocycles. The van der Waals surface area contributed by atoms with Crippen molar-refractivity contribution in [1.29, 1.82) is 0 Å². The lowest BCUT2D eigenvalue weighted by Gasteiger charge is -2.00. The molecule has 0 radical (unpaired) electrons. The van der Waals surface area contributed by atoms with Crippen LogP contribution in [-0.2, 0) is 7.05 Å². The summed E-state index contributed by atoms with van der Waals surface area (Å²) < 4.78 is 1.47. The van der Waals surface area contributed by atoms with Crippen LogP contribution in [0.4, 0.5) is 0 Å². The van der Waals surface area contributed by atoms with Gasteiger partial charge in [-0.1, -0.05) is 12.1 Å². The largest absolute Gasteiger partial charge is 0.295 e. The molecule has 78 valence electrons. The van der Waals surface area contributed by atoms with Crippen LogP contribution >= 0.6 is 11.8 Å². The normalized spacial score (nSPS) is 10.5. The van der Waals surface area contributed by atoms with E-state index < -0.39 is 0 Å². The van der Waals surface area contributed by atoms with Crippen molar-refractivity contribution in [1.82, 2.24) is 9.78 Å². The van der Waals surface area contributed by atoms with E-state index in [4.69, 9.17) is 0 Å². The van der Waals surface area contributed by atoms with Crippen LogP contribution in [0.1, 0.15) is 0 Å². The van der Waals surface area contributed by atoms with Crippen LogP contribution in [0.2, 0.25) is 0 Å². The zero-order valence-electron chi connectivity index (χ0n) is 8.65. The second kappa shape index (κ2) is 3.98. The van der Waals surface area contributed by atoms with Crippen molar-refractivity contribution in [2.75, 3.05) is 6.26 Å². The van der Waals surface area contributed by atoms with Crippen molar-refractivity contribution in [3.05, 3.63) is 40.7 Å². The number of aromatic nitrogens is 2. The van der Waals surface area contributed by atoms with Crippen LogP contribution < -0.4 is 5.56 Å². The zero-order valence-corrected chi connectivity index (χ0v) is 9.47. The molecule has 0 bridgehead atoms. The van der Waals surface area contributed by atoms with Crippen LogP contribution in [0.15, 0.2) is 40.0 Å². The summed E-state index contributed by atoms with van der Waals surface area (Å²) in [6.45, 7) is 0. The number of hydrogen-bond acceptors (Lipinski definition) is 2. The van der Waals surface area contributed by atoms with E-state index in [0.29, 0.717) is 0 Å². The highest BCUT2D eigenvalue weighted by Gasteiger charge is 2.02. The van der Waals surface area contributed by atoms with Crippen LogP contribution in [0.25, 0.3) is 11.3 Å². The summed E-state index contributed by atoms with van der Waals surface area (Å²) >= 11 is 1.69. The number of H-pyrrole nitrogens is 1. The molecule has 0 amide bonds. The fraction of sp³-hybridized carbons (Fsp3) is 0.182. The number of benzene rings is 1. The number of thioether (sulfide) groups is 1. The molecular formula is C11H12N2OS. The molecule has 0 unspecified atom stereocenters. The summed E-state index contributed by atoms with van der Waals surface area (Å²) in [6.07, 6.45) is 2.03. The topological polar surface area (TPSA) is 37.8 Å². The molecule has 0 spiro atoms. The van der Waals surface area contributed by atoms with E-state index in [1.54, 1.807) is 24.9 Å². The fourth-order valence-electron chi connectivity index (χ4n) is 1.43. The smallest absolute Gasteiger partial charge is 0.266 e. The Morgan fingerprint density at radius 1 is 1.33 bits per heavy atom. The molecule has 0 atom stereocenters. The molecule has 1 aromatic carbocycles. The summed E-state index contributed by atoms with van der Waals surface area (Å²) in [7, 11) is 1.71. The van der Waals surface area contributed by atoms with Gasteiger partial charge in [0.2, 0.25) is 0 Å². The number of aromatic amines is 1. The first-order valence-electron chi connectivity index (χ1n) is 4.61. The summed E-state index contributed by atoms with van der Waals surface area (Å²) in [6, 6.07) is 9.71. The van der Waals surface area contributed by atoms with E-state index in [1.165, 1.54) is 9.58 Å². The van der Waals surface area contributed by atoms with E-state index in [0.717, 1.165) is 11.3 Å². The van der Waals surface area contributed by atoms with Gasteiger partial charge in [-0.15, -0.1) is 11.8 Å². The first-order chi connectivity index (χ1) is 7.20. The second-order valence-electron chi connectivity index (χ2n) is 3.30. The molecule has 0 fully saturated rings. The molecule has 0 saturated carbocycles. The highest BCUT2D eigenvalue weighted by molar-refractivity contribution is 7.98. The van der Waals surface area contributed by atoms with Crippen molar-refractivity contribution in [3.63, 3.8) is 0 Å². The predicted octanol–water partition coefficient (Wildman–Crippen LogP) is 2.10. The highest BCUT2D eigenvalue weighted by atomic mass is 32.2. The summed E-state index contributed by atoms with van der Waals surface area (Å²) in [5.41, 5.74) is 1.89. The number of nitrogens with zero attached hydrogens (tertiary/aromatic N) is 1. The van der Waals surface area contributed by atoms with E-state index in [-0.39, 0.29) is 5.56 Å². The minimum Gasteiger partial charge on any atom is -0.295 e. The molecule has 0 aliphatic rings. The lowest BCUT2D eigenvalue weighted by Crippen LogP contribution is -2.09. The Labute approximate surface area is 92.1 Å². The Kier molecular flexibility index (Phi) is 2.68. The van der Waals surface area contributed by atoms with Gasteiger partial charge in [-0.2, -0.15) is 0 Å². The maximum Gasteiger partial charge on any atom is 0.266 e.